The number of nitrogens with zero attached hydrogens (tertiary/aromatic N) is 1. The summed E-state index contributed by atoms with van der Waals surface area (Å²) in [6, 6.07) is 14.5. The van der Waals surface area contributed by atoms with Gasteiger partial charge in [0, 0.05) is 24.0 Å². The number of hydrazine groups is 1. The van der Waals surface area contributed by atoms with Gasteiger partial charge in [-0.05, 0) is 38.5 Å². The molecular formula is C24H27N3O5. The molecule has 0 aliphatic heterocycles. The highest BCUT2D eigenvalue weighted by atomic mass is 16.5. The Morgan fingerprint density at radius 3 is 2.56 bits per heavy atom. The van der Waals surface area contributed by atoms with Crippen LogP contribution in [0.2, 0.25) is 0 Å². The number of methoxy groups -OCH3 is 1. The molecule has 0 bridgehead atoms. The van der Waals surface area contributed by atoms with E-state index in [0.717, 1.165) is 5.56 Å². The van der Waals surface area contributed by atoms with Crippen LogP contribution in [0.5, 0.6) is 11.5 Å². The van der Waals surface area contributed by atoms with Crippen LogP contribution in [0.25, 0.3) is 11.3 Å². The number of benzene rings is 2. The quantitative estimate of drug-likeness (QED) is 0.492. The molecule has 0 saturated carbocycles. The van der Waals surface area contributed by atoms with Crippen LogP contribution >= 0.6 is 0 Å². The van der Waals surface area contributed by atoms with Gasteiger partial charge in [0.05, 0.1) is 19.4 Å². The van der Waals surface area contributed by atoms with Crippen LogP contribution in [-0.2, 0) is 11.2 Å². The third kappa shape index (κ3) is 6.34. The van der Waals surface area contributed by atoms with Crippen LogP contribution in [0.3, 0.4) is 0 Å². The maximum absolute atomic E-state index is 12.3. The molecule has 2 aromatic carbocycles. The standard InChI is InChI=1S/C24H27N3O5/c1-16(2)31-19-13-12-18(14-20(19)30-3)24(29)27-26-22(28)10-7-11-23-25-15-21(32-23)17-8-5-4-6-9-17/h4-6,8-9,12-16H,7,10-11H2,1-3H3,(H,26,28)(H,27,29). The van der Waals surface area contributed by atoms with Gasteiger partial charge >= 0.3 is 0 Å². The zero-order valence-corrected chi connectivity index (χ0v) is 18.4. The number of nitrogens with one attached hydrogen (secondary N) is 2. The summed E-state index contributed by atoms with van der Waals surface area (Å²) in [5.74, 6) is 1.49. The molecule has 32 heavy (non-hydrogen) atoms. The number of carbonyl (C=O) groups is 2. The number of hydrogen-bond donors (Lipinski definition) is 2. The van der Waals surface area contributed by atoms with Crippen LogP contribution in [0.1, 0.15) is 42.9 Å². The summed E-state index contributed by atoms with van der Waals surface area (Å²) < 4.78 is 16.6. The lowest BCUT2D eigenvalue weighted by Crippen LogP contribution is -2.41. The summed E-state index contributed by atoms with van der Waals surface area (Å²) in [6.45, 7) is 3.81. The van der Waals surface area contributed by atoms with Gasteiger partial charge in [0.25, 0.3) is 5.91 Å². The molecule has 8 nitrogen and oxygen atoms in total. The second-order valence-electron chi connectivity index (χ2n) is 7.37. The predicted molar refractivity (Wildman–Crippen MR) is 119 cm³/mol. The van der Waals surface area contributed by atoms with Crippen molar-refractivity contribution in [2.24, 2.45) is 0 Å². The first kappa shape index (κ1) is 22.9. The topological polar surface area (TPSA) is 103 Å². The first-order chi connectivity index (χ1) is 15.5. The van der Waals surface area contributed by atoms with Crippen molar-refractivity contribution in [3.05, 3.63) is 66.2 Å². The summed E-state index contributed by atoms with van der Waals surface area (Å²) in [5.41, 5.74) is 6.12. The summed E-state index contributed by atoms with van der Waals surface area (Å²) in [7, 11) is 1.50. The zero-order valence-electron chi connectivity index (χ0n) is 18.4. The lowest BCUT2D eigenvalue weighted by Gasteiger charge is -2.14. The Balaban J connectivity index is 1.44. The van der Waals surface area contributed by atoms with Gasteiger partial charge < -0.3 is 13.9 Å². The highest BCUT2D eigenvalue weighted by Crippen LogP contribution is 2.29. The smallest absolute Gasteiger partial charge is 0.269 e. The van der Waals surface area contributed by atoms with Crippen LogP contribution in [0.4, 0.5) is 0 Å². The van der Waals surface area contributed by atoms with Crippen molar-refractivity contribution in [1.82, 2.24) is 15.8 Å². The highest BCUT2D eigenvalue weighted by Gasteiger charge is 2.13. The average molecular weight is 437 g/mol. The molecule has 2 N–H and O–H groups in total. The molecular weight excluding hydrogens is 410 g/mol. The molecule has 1 aromatic heterocycles. The van der Waals surface area contributed by atoms with Gasteiger partial charge in [-0.2, -0.15) is 0 Å². The Morgan fingerprint density at radius 2 is 1.84 bits per heavy atom. The Hall–Kier alpha value is -3.81. The van der Waals surface area contributed by atoms with Crippen molar-refractivity contribution >= 4 is 11.8 Å². The molecule has 1 heterocycles. The molecule has 168 valence electrons. The van der Waals surface area contributed by atoms with Crippen molar-refractivity contribution in [2.75, 3.05) is 7.11 Å². The van der Waals surface area contributed by atoms with E-state index in [1.165, 1.54) is 7.11 Å². The van der Waals surface area contributed by atoms with Crippen molar-refractivity contribution in [1.29, 1.82) is 0 Å². The molecule has 0 atom stereocenters. The van der Waals surface area contributed by atoms with E-state index in [1.807, 2.05) is 44.2 Å². The second kappa shape index (κ2) is 11.0. The molecule has 0 radical (unpaired) electrons. The second-order valence-corrected chi connectivity index (χ2v) is 7.37. The highest BCUT2D eigenvalue weighted by molar-refractivity contribution is 5.96. The van der Waals surface area contributed by atoms with Crippen molar-refractivity contribution in [3.8, 4) is 22.8 Å². The van der Waals surface area contributed by atoms with Crippen LogP contribution in [0.15, 0.2) is 59.1 Å². The molecule has 0 unspecified atom stereocenters. The Morgan fingerprint density at radius 1 is 1.06 bits per heavy atom. The van der Waals surface area contributed by atoms with Gasteiger partial charge in [0.15, 0.2) is 23.1 Å². The molecule has 8 heteroatoms. The molecule has 0 spiro atoms. The largest absolute Gasteiger partial charge is 0.493 e. The Labute approximate surface area is 186 Å². The van der Waals surface area contributed by atoms with Crippen LogP contribution in [-0.4, -0.2) is 30.0 Å². The van der Waals surface area contributed by atoms with Gasteiger partial charge in [-0.25, -0.2) is 4.98 Å². The normalized spacial score (nSPS) is 10.6. The molecule has 0 aliphatic carbocycles. The monoisotopic (exact) mass is 437 g/mol. The minimum Gasteiger partial charge on any atom is -0.493 e. The Kier molecular flexibility index (Phi) is 7.85. The van der Waals surface area contributed by atoms with Gasteiger partial charge in [-0.1, -0.05) is 30.3 Å². The Bertz CT molecular complexity index is 1050. The maximum atomic E-state index is 12.3. The summed E-state index contributed by atoms with van der Waals surface area (Å²) >= 11 is 0. The molecule has 3 rings (SSSR count). The number of aromatic nitrogens is 1. The zero-order chi connectivity index (χ0) is 22.9. The summed E-state index contributed by atoms with van der Waals surface area (Å²) in [6.07, 6.45) is 2.92. The van der Waals surface area contributed by atoms with Crippen LogP contribution in [0, 0.1) is 0 Å². The summed E-state index contributed by atoms with van der Waals surface area (Å²) in [4.78, 5) is 28.7. The number of aryl methyl sites for hydroxylation is 1. The fourth-order valence-corrected chi connectivity index (χ4v) is 2.98. The van der Waals surface area contributed by atoms with E-state index in [-0.39, 0.29) is 18.4 Å². The fraction of sp³-hybridized carbons (Fsp3) is 0.292. The van der Waals surface area contributed by atoms with E-state index in [4.69, 9.17) is 13.9 Å². The van der Waals surface area contributed by atoms with Gasteiger partial charge in [0.1, 0.15) is 0 Å². The van der Waals surface area contributed by atoms with Gasteiger partial charge in [-0.15, -0.1) is 0 Å². The third-order valence-electron chi connectivity index (χ3n) is 4.51. The van der Waals surface area contributed by atoms with E-state index in [2.05, 4.69) is 15.8 Å². The number of carbonyl (C=O) groups excluding carboxylic acids is 2. The average Bonchev–Trinajstić information content (AvgIpc) is 3.27. The molecule has 3 aromatic rings. The number of oxazole rings is 1. The predicted octanol–water partition coefficient (Wildman–Crippen LogP) is 3.92. The molecule has 2 amide bonds. The fourth-order valence-electron chi connectivity index (χ4n) is 2.98. The number of hydrogen-bond acceptors (Lipinski definition) is 6. The van der Waals surface area contributed by atoms with Gasteiger partial charge in [-0.3, -0.25) is 20.4 Å². The third-order valence-corrected chi connectivity index (χ3v) is 4.51. The van der Waals surface area contributed by atoms with Gasteiger partial charge in [0.2, 0.25) is 5.91 Å². The SMILES string of the molecule is COc1cc(C(=O)NNC(=O)CCCc2ncc(-c3ccccc3)o2)ccc1OC(C)C. The van der Waals surface area contributed by atoms with E-state index < -0.39 is 5.91 Å². The molecule has 0 fully saturated rings. The number of ether oxygens (including phenoxy) is 2. The maximum Gasteiger partial charge on any atom is 0.269 e. The lowest BCUT2D eigenvalue weighted by atomic mass is 10.2. The lowest BCUT2D eigenvalue weighted by molar-refractivity contribution is -0.121. The van der Waals surface area contributed by atoms with E-state index in [0.29, 0.717) is 41.6 Å². The van der Waals surface area contributed by atoms with E-state index in [9.17, 15) is 9.59 Å². The van der Waals surface area contributed by atoms with Crippen LogP contribution < -0.4 is 20.3 Å². The summed E-state index contributed by atoms with van der Waals surface area (Å²) in [5, 5.41) is 0. The minimum absolute atomic E-state index is 0.0239. The van der Waals surface area contributed by atoms with Crippen molar-refractivity contribution < 1.29 is 23.5 Å². The molecule has 0 aliphatic rings. The van der Waals surface area contributed by atoms with E-state index >= 15 is 0 Å². The number of rotatable bonds is 9. The van der Waals surface area contributed by atoms with E-state index in [1.54, 1.807) is 24.4 Å². The van der Waals surface area contributed by atoms with Crippen molar-refractivity contribution in [3.63, 3.8) is 0 Å². The molecule has 0 saturated heterocycles. The number of amides is 2. The van der Waals surface area contributed by atoms with Crippen molar-refractivity contribution in [2.45, 2.75) is 39.2 Å². The minimum atomic E-state index is -0.451. The first-order valence-electron chi connectivity index (χ1n) is 10.4. The first-order valence-corrected chi connectivity index (χ1v) is 10.4.